The van der Waals surface area contributed by atoms with Crippen molar-refractivity contribution in [2.24, 2.45) is 11.8 Å². The second kappa shape index (κ2) is 4.27. The number of allylic oxidation sites excluding steroid dienone is 3. The summed E-state index contributed by atoms with van der Waals surface area (Å²) in [5.41, 5.74) is 4.90. The number of hydrogen-bond acceptors (Lipinski definition) is 2. The minimum absolute atomic E-state index is 0.756. The maximum atomic E-state index is 3.55. The van der Waals surface area contributed by atoms with Gasteiger partial charge in [0.1, 0.15) is 0 Å². The second-order valence-corrected chi connectivity index (χ2v) is 6.07. The number of nitrogens with one attached hydrogen (secondary N) is 1. The summed E-state index contributed by atoms with van der Waals surface area (Å²) in [7, 11) is 0. The average molecular weight is 242 g/mol. The SMILES string of the molecule is C1=CN2CCNCC3=CCCC(=C32)[C@@H]1C1CCC1. The van der Waals surface area contributed by atoms with E-state index in [1.807, 2.05) is 0 Å². The van der Waals surface area contributed by atoms with Gasteiger partial charge in [-0.1, -0.05) is 18.6 Å². The van der Waals surface area contributed by atoms with Crippen molar-refractivity contribution < 1.29 is 0 Å². The zero-order chi connectivity index (χ0) is 11.9. The highest BCUT2D eigenvalue weighted by Crippen LogP contribution is 2.45. The van der Waals surface area contributed by atoms with Gasteiger partial charge in [-0.3, -0.25) is 0 Å². The zero-order valence-electron chi connectivity index (χ0n) is 11.0. The number of nitrogens with zero attached hydrogens (tertiary/aromatic N) is 1. The lowest BCUT2D eigenvalue weighted by Crippen LogP contribution is -2.32. The van der Waals surface area contributed by atoms with Crippen molar-refractivity contribution in [3.8, 4) is 0 Å². The standard InChI is InChI=1S/C16H22N2/c1-3-12(4-1)14-7-9-18-10-8-17-11-13-5-2-6-15(14)16(13)18/h5,7,9,12,14,17H,1-4,6,8,10-11H2/t14-/m0/s1. The van der Waals surface area contributed by atoms with Crippen LogP contribution in [0.4, 0.5) is 0 Å². The lowest BCUT2D eigenvalue weighted by molar-refractivity contribution is 0.251. The average Bonchev–Trinajstić information content (AvgIpc) is 2.54. The van der Waals surface area contributed by atoms with Crippen molar-refractivity contribution in [1.82, 2.24) is 10.2 Å². The molecule has 1 N–H and O–H groups in total. The highest BCUT2D eigenvalue weighted by Gasteiger charge is 2.35. The van der Waals surface area contributed by atoms with E-state index in [1.54, 1.807) is 16.8 Å². The predicted octanol–water partition coefficient (Wildman–Crippen LogP) is 2.81. The Bertz CT molecular complexity index is 440. The Morgan fingerprint density at radius 3 is 3.06 bits per heavy atom. The first-order chi connectivity index (χ1) is 8.93. The van der Waals surface area contributed by atoms with Gasteiger partial charge in [0.05, 0.1) is 0 Å². The molecule has 1 saturated carbocycles. The highest BCUT2D eigenvalue weighted by atomic mass is 15.2. The molecule has 4 aliphatic rings. The highest BCUT2D eigenvalue weighted by molar-refractivity contribution is 5.44. The van der Waals surface area contributed by atoms with Crippen LogP contribution in [0.5, 0.6) is 0 Å². The van der Waals surface area contributed by atoms with Gasteiger partial charge in [-0.25, -0.2) is 0 Å². The molecular weight excluding hydrogens is 220 g/mol. The monoisotopic (exact) mass is 242 g/mol. The van der Waals surface area contributed by atoms with Gasteiger partial charge in [0, 0.05) is 37.4 Å². The van der Waals surface area contributed by atoms with Gasteiger partial charge in [-0.05, 0) is 42.7 Å². The van der Waals surface area contributed by atoms with Gasteiger partial charge in [0.2, 0.25) is 0 Å². The summed E-state index contributed by atoms with van der Waals surface area (Å²) in [4.78, 5) is 2.50. The lowest BCUT2D eigenvalue weighted by atomic mass is 9.69. The maximum absolute atomic E-state index is 3.55. The van der Waals surface area contributed by atoms with Crippen LogP contribution in [-0.2, 0) is 0 Å². The van der Waals surface area contributed by atoms with Gasteiger partial charge >= 0.3 is 0 Å². The molecular formula is C16H22N2. The molecule has 96 valence electrons. The molecule has 1 saturated heterocycles. The lowest BCUT2D eigenvalue weighted by Gasteiger charge is -2.41. The van der Waals surface area contributed by atoms with Crippen molar-refractivity contribution in [1.29, 1.82) is 0 Å². The van der Waals surface area contributed by atoms with Crippen LogP contribution >= 0.6 is 0 Å². The molecule has 2 fully saturated rings. The van der Waals surface area contributed by atoms with Crippen LogP contribution in [0, 0.1) is 11.8 Å². The van der Waals surface area contributed by atoms with Crippen LogP contribution < -0.4 is 5.32 Å². The smallest absolute Gasteiger partial charge is 0.0446 e. The van der Waals surface area contributed by atoms with Gasteiger partial charge < -0.3 is 10.2 Å². The van der Waals surface area contributed by atoms with Crippen LogP contribution in [0.2, 0.25) is 0 Å². The maximum Gasteiger partial charge on any atom is 0.0446 e. The molecule has 0 radical (unpaired) electrons. The van der Waals surface area contributed by atoms with E-state index in [9.17, 15) is 0 Å². The third kappa shape index (κ3) is 1.58. The second-order valence-electron chi connectivity index (χ2n) is 6.07. The topological polar surface area (TPSA) is 15.3 Å². The van der Waals surface area contributed by atoms with E-state index in [0.717, 1.165) is 31.5 Å². The third-order valence-electron chi connectivity index (χ3n) is 5.08. The summed E-state index contributed by atoms with van der Waals surface area (Å²) >= 11 is 0. The normalized spacial score (nSPS) is 31.7. The molecule has 4 rings (SSSR count). The Morgan fingerprint density at radius 2 is 2.22 bits per heavy atom. The zero-order valence-corrected chi connectivity index (χ0v) is 11.0. The molecule has 0 aromatic carbocycles. The van der Waals surface area contributed by atoms with Crippen molar-refractivity contribution in [2.75, 3.05) is 19.6 Å². The van der Waals surface area contributed by atoms with Crippen molar-refractivity contribution in [3.05, 3.63) is 35.2 Å². The van der Waals surface area contributed by atoms with E-state index in [-0.39, 0.29) is 0 Å². The molecule has 2 aliphatic heterocycles. The summed E-state index contributed by atoms with van der Waals surface area (Å²) in [6, 6.07) is 0. The molecule has 0 amide bonds. The summed E-state index contributed by atoms with van der Waals surface area (Å²) in [5.74, 6) is 1.70. The fourth-order valence-electron chi connectivity index (χ4n) is 3.91. The van der Waals surface area contributed by atoms with E-state index >= 15 is 0 Å². The minimum Gasteiger partial charge on any atom is -0.347 e. The summed E-state index contributed by atoms with van der Waals surface area (Å²) in [5, 5.41) is 3.55. The molecule has 2 aliphatic carbocycles. The van der Waals surface area contributed by atoms with E-state index in [2.05, 4.69) is 28.6 Å². The number of hydrogen-bond donors (Lipinski definition) is 1. The summed E-state index contributed by atoms with van der Waals surface area (Å²) in [6.07, 6.45) is 14.2. The molecule has 0 bridgehead atoms. The summed E-state index contributed by atoms with van der Waals surface area (Å²) < 4.78 is 0. The van der Waals surface area contributed by atoms with E-state index in [4.69, 9.17) is 0 Å². The molecule has 18 heavy (non-hydrogen) atoms. The first-order valence-electron chi connectivity index (χ1n) is 7.51. The van der Waals surface area contributed by atoms with E-state index in [0.29, 0.717) is 0 Å². The van der Waals surface area contributed by atoms with Crippen molar-refractivity contribution in [3.63, 3.8) is 0 Å². The molecule has 0 aromatic rings. The molecule has 0 spiro atoms. The first-order valence-corrected chi connectivity index (χ1v) is 7.51. The Hall–Kier alpha value is -1.02. The van der Waals surface area contributed by atoms with Crippen LogP contribution in [0.1, 0.15) is 32.1 Å². The van der Waals surface area contributed by atoms with Gasteiger partial charge in [-0.2, -0.15) is 0 Å². The van der Waals surface area contributed by atoms with Crippen molar-refractivity contribution >= 4 is 0 Å². The first kappa shape index (κ1) is 10.9. The van der Waals surface area contributed by atoms with Gasteiger partial charge in [0.25, 0.3) is 0 Å². The molecule has 2 heterocycles. The fraction of sp³-hybridized carbons (Fsp3) is 0.625. The molecule has 1 atom stereocenters. The fourth-order valence-corrected chi connectivity index (χ4v) is 3.91. The quantitative estimate of drug-likeness (QED) is 0.760. The molecule has 0 aromatic heterocycles. The molecule has 2 nitrogen and oxygen atoms in total. The Labute approximate surface area is 109 Å². The van der Waals surface area contributed by atoms with E-state index in [1.165, 1.54) is 32.1 Å². The predicted molar refractivity (Wildman–Crippen MR) is 73.9 cm³/mol. The van der Waals surface area contributed by atoms with Gasteiger partial charge in [-0.15, -0.1) is 0 Å². The van der Waals surface area contributed by atoms with Crippen LogP contribution in [0.25, 0.3) is 0 Å². The minimum atomic E-state index is 0.756. The Balaban J connectivity index is 1.74. The van der Waals surface area contributed by atoms with Crippen LogP contribution in [0.15, 0.2) is 35.2 Å². The summed E-state index contributed by atoms with van der Waals surface area (Å²) in [6.45, 7) is 3.30. The third-order valence-corrected chi connectivity index (χ3v) is 5.08. The van der Waals surface area contributed by atoms with Crippen molar-refractivity contribution in [2.45, 2.75) is 32.1 Å². The molecule has 2 heteroatoms. The van der Waals surface area contributed by atoms with Crippen LogP contribution in [-0.4, -0.2) is 24.5 Å². The number of rotatable bonds is 1. The van der Waals surface area contributed by atoms with Crippen LogP contribution in [0.3, 0.4) is 0 Å². The Morgan fingerprint density at radius 1 is 1.28 bits per heavy atom. The van der Waals surface area contributed by atoms with E-state index < -0.39 is 0 Å². The molecule has 0 unspecified atom stereocenters. The van der Waals surface area contributed by atoms with Gasteiger partial charge in [0.15, 0.2) is 0 Å². The Kier molecular flexibility index (Phi) is 2.58. The largest absolute Gasteiger partial charge is 0.347 e.